The predicted molar refractivity (Wildman–Crippen MR) is 128 cm³/mol. The molecule has 0 unspecified atom stereocenters. The van der Waals surface area contributed by atoms with Crippen molar-refractivity contribution in [1.82, 2.24) is 0 Å². The van der Waals surface area contributed by atoms with Gasteiger partial charge in [0.15, 0.2) is 0 Å². The lowest BCUT2D eigenvalue weighted by atomic mass is 9.95. The first-order valence-electron chi connectivity index (χ1n) is 11.0. The fourth-order valence-electron chi connectivity index (χ4n) is 3.59. The van der Waals surface area contributed by atoms with Gasteiger partial charge >= 0.3 is 6.18 Å². The number of nitrogens with zero attached hydrogens (tertiary/aromatic N) is 1. The lowest BCUT2D eigenvalue weighted by molar-refractivity contribution is -0.0942. The minimum absolute atomic E-state index is 0.00427. The molecule has 0 saturated heterocycles. The summed E-state index contributed by atoms with van der Waals surface area (Å²) in [7, 11) is 1.50. The Hall–Kier alpha value is -3.22. The number of allylic oxidation sites excluding steroid dienone is 3. The molecule has 178 valence electrons. The number of benzene rings is 2. The van der Waals surface area contributed by atoms with E-state index >= 15 is 0 Å². The summed E-state index contributed by atoms with van der Waals surface area (Å²) in [5.74, 6) is 0.168. The topological polar surface area (TPSA) is 41.6 Å². The van der Waals surface area contributed by atoms with Crippen LogP contribution in [0.1, 0.15) is 50.9 Å². The molecule has 1 aliphatic carbocycles. The molecule has 0 aromatic heterocycles. The third kappa shape index (κ3) is 6.40. The van der Waals surface area contributed by atoms with Crippen molar-refractivity contribution in [2.45, 2.75) is 46.7 Å². The van der Waals surface area contributed by atoms with Crippen molar-refractivity contribution in [3.05, 3.63) is 77.0 Å². The average Bonchev–Trinajstić information content (AvgIpc) is 2.82. The van der Waals surface area contributed by atoms with E-state index in [1.165, 1.54) is 13.2 Å². The number of ether oxygens (including phenoxy) is 1. The maximum absolute atomic E-state index is 13.2. The van der Waals surface area contributed by atoms with Gasteiger partial charge in [-0.05, 0) is 74.7 Å². The molecular weight excluding hydrogens is 429 g/mol. The van der Waals surface area contributed by atoms with Crippen molar-refractivity contribution >= 4 is 17.3 Å². The van der Waals surface area contributed by atoms with Crippen LogP contribution in [0, 0.1) is 0 Å². The largest absolute Gasteiger partial charge is 0.496 e. The normalized spacial score (nSPS) is 13.5. The van der Waals surface area contributed by atoms with Crippen LogP contribution >= 0.6 is 0 Å². The molecule has 1 N–H and O–H groups in total. The highest BCUT2D eigenvalue weighted by Gasteiger charge is 2.35. The zero-order valence-corrected chi connectivity index (χ0v) is 19.7. The zero-order valence-electron chi connectivity index (χ0n) is 19.7. The van der Waals surface area contributed by atoms with Gasteiger partial charge in [0.2, 0.25) is 0 Å². The molecule has 1 aliphatic rings. The van der Waals surface area contributed by atoms with E-state index in [1.54, 1.807) is 48.5 Å². The Morgan fingerprint density at radius 1 is 1.06 bits per heavy atom. The first-order valence-corrected chi connectivity index (χ1v) is 11.0. The first kappa shape index (κ1) is 26.0. The van der Waals surface area contributed by atoms with E-state index in [0.29, 0.717) is 35.7 Å². The third-order valence-corrected chi connectivity index (χ3v) is 5.28. The summed E-state index contributed by atoms with van der Waals surface area (Å²) in [6, 6.07) is 14.0. The lowest BCUT2D eigenvalue weighted by Gasteiger charge is -2.30. The summed E-state index contributed by atoms with van der Waals surface area (Å²) in [5.41, 5.74) is 2.74. The number of carbonyl (C=O) groups is 1. The highest BCUT2D eigenvalue weighted by molar-refractivity contribution is 6.06. The molecule has 0 heterocycles. The summed E-state index contributed by atoms with van der Waals surface area (Å²) < 4.78 is 44.9. The minimum Gasteiger partial charge on any atom is -0.496 e. The van der Waals surface area contributed by atoms with Crippen LogP contribution < -0.4 is 15.0 Å². The summed E-state index contributed by atoms with van der Waals surface area (Å²) in [6.45, 7) is 8.28. The van der Waals surface area contributed by atoms with Crippen LogP contribution in [0.3, 0.4) is 0 Å². The smallest absolute Gasteiger partial charge is 0.412 e. The van der Waals surface area contributed by atoms with Gasteiger partial charge in [0.1, 0.15) is 5.75 Å². The summed E-state index contributed by atoms with van der Waals surface area (Å²) in [6.07, 6.45) is -2.69. The highest BCUT2D eigenvalue weighted by atomic mass is 19.4. The van der Waals surface area contributed by atoms with Gasteiger partial charge in [0, 0.05) is 29.2 Å². The molecule has 0 aliphatic heterocycles. The number of methoxy groups -OCH3 is 1. The fourth-order valence-corrected chi connectivity index (χ4v) is 3.59. The third-order valence-electron chi connectivity index (χ3n) is 5.28. The average molecular weight is 461 g/mol. The maximum Gasteiger partial charge on any atom is 0.412 e. The Morgan fingerprint density at radius 2 is 1.70 bits per heavy atom. The van der Waals surface area contributed by atoms with E-state index in [2.05, 4.69) is 5.32 Å². The van der Waals surface area contributed by atoms with Crippen molar-refractivity contribution in [2.24, 2.45) is 0 Å². The zero-order chi connectivity index (χ0) is 24.6. The number of anilines is 2. The van der Waals surface area contributed by atoms with E-state index in [1.807, 2.05) is 32.6 Å². The Morgan fingerprint density at radius 3 is 2.27 bits per heavy atom. The van der Waals surface area contributed by atoms with Gasteiger partial charge in [-0.15, -0.1) is 0 Å². The van der Waals surface area contributed by atoms with Crippen LogP contribution in [0.2, 0.25) is 0 Å². The Balaban J connectivity index is 0.00000187. The molecule has 0 radical (unpaired) electrons. The summed E-state index contributed by atoms with van der Waals surface area (Å²) >= 11 is 0. The number of hydrogen-bond donors (Lipinski definition) is 1. The van der Waals surface area contributed by atoms with Crippen LogP contribution in [-0.4, -0.2) is 25.7 Å². The number of nitrogens with one attached hydrogen (secondary N) is 1. The van der Waals surface area contributed by atoms with E-state index in [0.717, 1.165) is 11.3 Å². The number of rotatable bonds is 6. The molecule has 2 aromatic carbocycles. The van der Waals surface area contributed by atoms with E-state index in [9.17, 15) is 18.0 Å². The molecule has 1 amide bonds. The first-order chi connectivity index (χ1) is 15.7. The second-order valence-electron chi connectivity index (χ2n) is 7.28. The summed E-state index contributed by atoms with van der Waals surface area (Å²) in [5, 5.41) is 2.82. The Bertz CT molecular complexity index is 1010. The van der Waals surface area contributed by atoms with Crippen molar-refractivity contribution in [1.29, 1.82) is 0 Å². The molecular formula is C26H31F3N2O2. The quantitative estimate of drug-likeness (QED) is 0.490. The van der Waals surface area contributed by atoms with Gasteiger partial charge in [-0.2, -0.15) is 13.2 Å². The molecule has 2 aromatic rings. The molecule has 3 rings (SSSR count). The number of para-hydroxylation sites is 1. The molecule has 33 heavy (non-hydrogen) atoms. The second-order valence-corrected chi connectivity index (χ2v) is 7.28. The van der Waals surface area contributed by atoms with Gasteiger partial charge in [0.05, 0.1) is 12.7 Å². The molecule has 0 bridgehead atoms. The number of amides is 1. The van der Waals surface area contributed by atoms with Gasteiger partial charge in [-0.3, -0.25) is 4.79 Å². The minimum atomic E-state index is -4.32. The van der Waals surface area contributed by atoms with Crippen LogP contribution in [0.5, 0.6) is 5.75 Å². The Labute approximate surface area is 193 Å². The lowest BCUT2D eigenvalue weighted by Crippen LogP contribution is -2.26. The number of hydrogen-bond acceptors (Lipinski definition) is 3. The second kappa shape index (κ2) is 11.6. The van der Waals surface area contributed by atoms with Crippen LogP contribution in [0.4, 0.5) is 24.5 Å². The van der Waals surface area contributed by atoms with Crippen molar-refractivity contribution in [3.63, 3.8) is 0 Å². The maximum atomic E-state index is 13.2. The Kier molecular flexibility index (Phi) is 9.14. The van der Waals surface area contributed by atoms with E-state index in [-0.39, 0.29) is 12.3 Å². The number of alkyl halides is 3. The standard InChI is InChI=1S/C24H25F3N2O2.C2H6/c1-4-29(21-15-17(24(25,26)27)10-9-16(21)2)19-13-11-18(12-14-19)28-23(30)20-7-5-6-8-22(20)31-3;1-2/h5-8,11-15H,4,9-10H2,1-3H3,(H,28,30);1-2H3. The van der Waals surface area contributed by atoms with Crippen molar-refractivity contribution < 1.29 is 22.7 Å². The van der Waals surface area contributed by atoms with Crippen LogP contribution in [-0.2, 0) is 0 Å². The van der Waals surface area contributed by atoms with Gasteiger partial charge < -0.3 is 15.0 Å². The number of likely N-dealkylation sites (N-methyl/N-ethyl adjacent to an activating group) is 1. The molecule has 4 nitrogen and oxygen atoms in total. The monoisotopic (exact) mass is 460 g/mol. The fraction of sp³-hybridized carbons (Fsp3) is 0.346. The molecule has 0 spiro atoms. The SMILES string of the molecule is CC.CCN(C1=C(C)CCC(C(F)(F)F)=C1)c1ccc(NC(=O)c2ccccc2OC)cc1. The highest BCUT2D eigenvalue weighted by Crippen LogP contribution is 2.37. The van der Waals surface area contributed by atoms with Gasteiger partial charge in [-0.25, -0.2) is 0 Å². The van der Waals surface area contributed by atoms with Crippen molar-refractivity contribution in [3.8, 4) is 5.75 Å². The molecule has 7 heteroatoms. The summed E-state index contributed by atoms with van der Waals surface area (Å²) in [4.78, 5) is 14.4. The molecule has 0 atom stereocenters. The predicted octanol–water partition coefficient (Wildman–Crippen LogP) is 7.36. The van der Waals surface area contributed by atoms with Crippen LogP contribution in [0.15, 0.2) is 71.5 Å². The van der Waals surface area contributed by atoms with Gasteiger partial charge in [0.25, 0.3) is 5.91 Å². The number of halogens is 3. The molecule has 0 fully saturated rings. The van der Waals surface area contributed by atoms with E-state index in [4.69, 9.17) is 4.74 Å². The van der Waals surface area contributed by atoms with Gasteiger partial charge in [-0.1, -0.05) is 26.0 Å². The van der Waals surface area contributed by atoms with Crippen molar-refractivity contribution in [2.75, 3.05) is 23.9 Å². The number of carbonyl (C=O) groups excluding carboxylic acids is 1. The van der Waals surface area contributed by atoms with E-state index < -0.39 is 11.7 Å². The molecule has 0 saturated carbocycles. The van der Waals surface area contributed by atoms with Crippen LogP contribution in [0.25, 0.3) is 0 Å².